The van der Waals surface area contributed by atoms with Crippen molar-refractivity contribution in [1.82, 2.24) is 10.3 Å². The molecule has 0 fully saturated rings. The van der Waals surface area contributed by atoms with Crippen molar-refractivity contribution in [3.05, 3.63) is 63.6 Å². The Labute approximate surface area is 140 Å². The summed E-state index contributed by atoms with van der Waals surface area (Å²) in [6, 6.07) is 9.83. The van der Waals surface area contributed by atoms with E-state index in [-0.39, 0.29) is 29.2 Å². The molecule has 0 bridgehead atoms. The fourth-order valence-corrected chi connectivity index (χ4v) is 3.61. The minimum Gasteiger partial charge on any atom is -0.352 e. The highest BCUT2D eigenvalue weighted by atomic mass is 32.2. The van der Waals surface area contributed by atoms with Gasteiger partial charge in [-0.25, -0.2) is 8.42 Å². The number of carbonyl (C=O) groups is 1. The van der Waals surface area contributed by atoms with Crippen LogP contribution in [0.15, 0.2) is 46.1 Å². The van der Waals surface area contributed by atoms with Crippen molar-refractivity contribution in [3.63, 3.8) is 0 Å². The third-order valence-corrected chi connectivity index (χ3v) is 5.39. The highest BCUT2D eigenvalue weighted by molar-refractivity contribution is 7.91. The number of aromatic amines is 1. The van der Waals surface area contributed by atoms with Crippen LogP contribution in [-0.4, -0.2) is 25.1 Å². The third-order valence-electron chi connectivity index (χ3n) is 3.66. The summed E-state index contributed by atoms with van der Waals surface area (Å²) in [5, 5.41) is 2.60. The van der Waals surface area contributed by atoms with Gasteiger partial charge in [0, 0.05) is 24.2 Å². The van der Waals surface area contributed by atoms with Crippen LogP contribution in [0.3, 0.4) is 0 Å². The van der Waals surface area contributed by atoms with E-state index >= 15 is 0 Å². The minimum absolute atomic E-state index is 0.0751. The predicted molar refractivity (Wildman–Crippen MR) is 91.5 cm³/mol. The van der Waals surface area contributed by atoms with Crippen LogP contribution in [-0.2, 0) is 21.2 Å². The van der Waals surface area contributed by atoms with E-state index in [0.717, 1.165) is 11.3 Å². The monoisotopic (exact) mass is 348 g/mol. The number of sulfone groups is 1. The topological polar surface area (TPSA) is 96.1 Å². The summed E-state index contributed by atoms with van der Waals surface area (Å²) in [4.78, 5) is 26.6. The highest BCUT2D eigenvalue weighted by Gasteiger charge is 2.16. The van der Waals surface area contributed by atoms with E-state index in [4.69, 9.17) is 0 Å². The van der Waals surface area contributed by atoms with Crippen molar-refractivity contribution in [1.29, 1.82) is 0 Å². The molecule has 0 saturated heterocycles. The molecular formula is C17H20N2O4S. The molecule has 0 aliphatic carbocycles. The third kappa shape index (κ3) is 4.55. The largest absolute Gasteiger partial charge is 0.352 e. The van der Waals surface area contributed by atoms with Gasteiger partial charge in [0.2, 0.25) is 5.91 Å². The lowest BCUT2D eigenvalue weighted by molar-refractivity contribution is -0.120. The molecule has 1 aromatic heterocycles. The van der Waals surface area contributed by atoms with E-state index in [0.29, 0.717) is 5.56 Å². The summed E-state index contributed by atoms with van der Waals surface area (Å²) in [7, 11) is -3.49. The molecule has 0 unspecified atom stereocenters. The zero-order valence-electron chi connectivity index (χ0n) is 13.6. The van der Waals surface area contributed by atoms with Crippen LogP contribution in [0.5, 0.6) is 0 Å². The number of nitrogens with one attached hydrogen (secondary N) is 2. The molecule has 128 valence electrons. The molecule has 0 atom stereocenters. The highest BCUT2D eigenvalue weighted by Crippen LogP contribution is 2.11. The molecule has 1 amide bonds. The first-order valence-electron chi connectivity index (χ1n) is 7.53. The van der Waals surface area contributed by atoms with Crippen molar-refractivity contribution in [2.75, 3.05) is 5.75 Å². The fourth-order valence-electron chi connectivity index (χ4n) is 2.35. The predicted octanol–water partition coefficient (Wildman–Crippen LogP) is 1.47. The van der Waals surface area contributed by atoms with Gasteiger partial charge in [0.15, 0.2) is 9.84 Å². The molecule has 7 heteroatoms. The molecule has 0 spiro atoms. The molecule has 2 rings (SSSR count). The van der Waals surface area contributed by atoms with E-state index in [2.05, 4.69) is 10.3 Å². The number of aromatic nitrogens is 1. The number of H-pyrrole nitrogens is 1. The number of hydrogen-bond donors (Lipinski definition) is 2. The first kappa shape index (κ1) is 17.9. The maximum Gasteiger partial charge on any atom is 0.253 e. The average Bonchev–Trinajstić information content (AvgIpc) is 2.53. The summed E-state index contributed by atoms with van der Waals surface area (Å²) in [6.07, 6.45) is -0.153. The van der Waals surface area contributed by atoms with Gasteiger partial charge in [-0.05, 0) is 37.6 Å². The summed E-state index contributed by atoms with van der Waals surface area (Å²) in [5.41, 5.74) is 1.76. The molecule has 1 heterocycles. The van der Waals surface area contributed by atoms with Gasteiger partial charge in [0.25, 0.3) is 5.56 Å². The van der Waals surface area contributed by atoms with Crippen molar-refractivity contribution < 1.29 is 13.2 Å². The molecular weight excluding hydrogens is 328 g/mol. The van der Waals surface area contributed by atoms with Crippen LogP contribution in [0.2, 0.25) is 0 Å². The van der Waals surface area contributed by atoms with Gasteiger partial charge in [-0.15, -0.1) is 0 Å². The number of hydrogen-bond acceptors (Lipinski definition) is 4. The van der Waals surface area contributed by atoms with Gasteiger partial charge in [-0.3, -0.25) is 9.59 Å². The summed E-state index contributed by atoms with van der Waals surface area (Å²) < 4.78 is 24.2. The van der Waals surface area contributed by atoms with Crippen molar-refractivity contribution >= 4 is 15.7 Å². The van der Waals surface area contributed by atoms with Gasteiger partial charge in [0.05, 0.1) is 10.6 Å². The van der Waals surface area contributed by atoms with Crippen LogP contribution in [0.25, 0.3) is 0 Å². The Kier molecular flexibility index (Phi) is 5.56. The van der Waals surface area contributed by atoms with Gasteiger partial charge in [0.1, 0.15) is 0 Å². The number of pyridine rings is 1. The Morgan fingerprint density at radius 1 is 1.17 bits per heavy atom. The first-order valence-corrected chi connectivity index (χ1v) is 9.19. The summed E-state index contributed by atoms with van der Waals surface area (Å²) in [5.74, 6) is -0.680. The standard InChI is InChI=1S/C17H20N2O4S/c1-12-10-13(2)19-17(21)15(12)11-18-16(20)8-9-24(22,23)14-6-4-3-5-7-14/h3-7,10H,8-9,11H2,1-2H3,(H,18,20)(H,19,21). The van der Waals surface area contributed by atoms with Crippen LogP contribution in [0.1, 0.15) is 23.2 Å². The lowest BCUT2D eigenvalue weighted by Gasteiger charge is -2.08. The van der Waals surface area contributed by atoms with E-state index in [1.54, 1.807) is 32.0 Å². The van der Waals surface area contributed by atoms with Crippen LogP contribution >= 0.6 is 0 Å². The quantitative estimate of drug-likeness (QED) is 0.826. The molecule has 0 aliphatic heterocycles. The molecule has 2 N–H and O–H groups in total. The van der Waals surface area contributed by atoms with Gasteiger partial charge < -0.3 is 10.3 Å². The minimum atomic E-state index is -3.49. The number of rotatable bonds is 6. The van der Waals surface area contributed by atoms with Gasteiger partial charge in [-0.1, -0.05) is 18.2 Å². The smallest absolute Gasteiger partial charge is 0.253 e. The molecule has 0 aliphatic rings. The Morgan fingerprint density at radius 2 is 1.83 bits per heavy atom. The van der Waals surface area contributed by atoms with E-state index in [1.807, 2.05) is 6.07 Å². The second-order valence-corrected chi connectivity index (χ2v) is 7.71. The lowest BCUT2D eigenvalue weighted by Crippen LogP contribution is -2.29. The second-order valence-electron chi connectivity index (χ2n) is 5.60. The molecule has 24 heavy (non-hydrogen) atoms. The molecule has 2 aromatic rings. The Hall–Kier alpha value is -2.41. The number of aryl methyl sites for hydroxylation is 2. The maximum atomic E-state index is 12.1. The Bertz CT molecular complexity index is 887. The number of carbonyl (C=O) groups excluding carboxylic acids is 1. The van der Waals surface area contributed by atoms with Gasteiger partial charge in [-0.2, -0.15) is 0 Å². The van der Waals surface area contributed by atoms with E-state index < -0.39 is 15.7 Å². The van der Waals surface area contributed by atoms with Crippen LogP contribution in [0, 0.1) is 13.8 Å². The van der Waals surface area contributed by atoms with Crippen LogP contribution in [0.4, 0.5) is 0 Å². The first-order chi connectivity index (χ1) is 11.3. The maximum absolute atomic E-state index is 12.1. The van der Waals surface area contributed by atoms with Crippen molar-refractivity contribution in [3.8, 4) is 0 Å². The second kappa shape index (κ2) is 7.44. The number of benzene rings is 1. The zero-order valence-corrected chi connectivity index (χ0v) is 14.4. The van der Waals surface area contributed by atoms with Gasteiger partial charge >= 0.3 is 0 Å². The zero-order chi connectivity index (χ0) is 17.7. The van der Waals surface area contributed by atoms with Crippen LogP contribution < -0.4 is 10.9 Å². The molecule has 0 saturated carbocycles. The van der Waals surface area contributed by atoms with E-state index in [9.17, 15) is 18.0 Å². The summed E-state index contributed by atoms with van der Waals surface area (Å²) in [6.45, 7) is 3.65. The Balaban J connectivity index is 1.94. The lowest BCUT2D eigenvalue weighted by atomic mass is 10.1. The normalized spacial score (nSPS) is 11.2. The Morgan fingerprint density at radius 3 is 2.46 bits per heavy atom. The van der Waals surface area contributed by atoms with E-state index in [1.165, 1.54) is 12.1 Å². The average molecular weight is 348 g/mol. The molecule has 6 nitrogen and oxygen atoms in total. The summed E-state index contributed by atoms with van der Waals surface area (Å²) >= 11 is 0. The fraction of sp³-hybridized carbons (Fsp3) is 0.294. The SMILES string of the molecule is Cc1cc(C)c(CNC(=O)CCS(=O)(=O)c2ccccc2)c(=O)[nH]1. The van der Waals surface area contributed by atoms with Crippen molar-refractivity contribution in [2.45, 2.75) is 31.7 Å². The molecule has 0 radical (unpaired) electrons. The number of amides is 1. The molecule has 1 aromatic carbocycles. The van der Waals surface area contributed by atoms with Crippen molar-refractivity contribution in [2.24, 2.45) is 0 Å².